The highest BCUT2D eigenvalue weighted by Gasteiger charge is 2.33. The van der Waals surface area contributed by atoms with Crippen LogP contribution in [0, 0.1) is 30.3 Å². The molecule has 2 aromatic carbocycles. The standard InChI is InChI=1S/C19H18N6O9/c1-34-16-9-13(23(28)29)6-12(18(16)26)10-20-21-19(27)11-7-14(24(30)31)17(15(8-11)25(32)33)22-4-2-3-5-22/h6-10,26H,2-5H2,1H3,(H,21,27). The van der Waals surface area contributed by atoms with Gasteiger partial charge >= 0.3 is 0 Å². The van der Waals surface area contributed by atoms with Gasteiger partial charge in [0.05, 0.1) is 39.7 Å². The fourth-order valence-electron chi connectivity index (χ4n) is 3.48. The maximum Gasteiger partial charge on any atom is 0.300 e. The van der Waals surface area contributed by atoms with Crippen molar-refractivity contribution >= 4 is 34.9 Å². The summed E-state index contributed by atoms with van der Waals surface area (Å²) in [5.74, 6) is -1.69. The number of non-ortho nitro benzene ring substituents is 1. The van der Waals surface area contributed by atoms with Crippen LogP contribution in [0.4, 0.5) is 22.7 Å². The van der Waals surface area contributed by atoms with Crippen molar-refractivity contribution in [3.63, 3.8) is 0 Å². The van der Waals surface area contributed by atoms with Crippen LogP contribution in [-0.4, -0.2) is 52.2 Å². The third-order valence-corrected chi connectivity index (χ3v) is 5.04. The van der Waals surface area contributed by atoms with E-state index in [1.807, 2.05) is 5.43 Å². The first-order chi connectivity index (χ1) is 16.1. The van der Waals surface area contributed by atoms with E-state index < -0.39 is 43.5 Å². The van der Waals surface area contributed by atoms with Crippen molar-refractivity contribution in [2.75, 3.05) is 25.1 Å². The van der Waals surface area contributed by atoms with Crippen molar-refractivity contribution in [2.45, 2.75) is 12.8 Å². The van der Waals surface area contributed by atoms with Crippen LogP contribution in [0.2, 0.25) is 0 Å². The lowest BCUT2D eigenvalue weighted by Gasteiger charge is -2.17. The minimum atomic E-state index is -1.01. The number of ether oxygens (including phenoxy) is 1. The summed E-state index contributed by atoms with van der Waals surface area (Å²) in [7, 11) is 1.19. The van der Waals surface area contributed by atoms with Gasteiger partial charge in [-0.3, -0.25) is 35.1 Å². The minimum absolute atomic E-state index is 0.160. The van der Waals surface area contributed by atoms with Gasteiger partial charge in [0, 0.05) is 36.9 Å². The average Bonchev–Trinajstić information content (AvgIpc) is 3.33. The number of nitrogens with one attached hydrogen (secondary N) is 1. The maximum absolute atomic E-state index is 12.5. The number of nitrogens with zero attached hydrogens (tertiary/aromatic N) is 5. The zero-order valence-corrected chi connectivity index (χ0v) is 17.7. The highest BCUT2D eigenvalue weighted by Crippen LogP contribution is 2.40. The molecule has 0 radical (unpaired) electrons. The Morgan fingerprint density at radius 2 is 1.65 bits per heavy atom. The normalized spacial score (nSPS) is 13.1. The summed E-state index contributed by atoms with van der Waals surface area (Å²) in [5.41, 5.74) is -0.276. The summed E-state index contributed by atoms with van der Waals surface area (Å²) in [5, 5.41) is 48.0. The molecule has 15 nitrogen and oxygen atoms in total. The fraction of sp³-hybridized carbons (Fsp3) is 0.263. The number of aromatic hydroxyl groups is 1. The third kappa shape index (κ3) is 4.82. The van der Waals surface area contributed by atoms with Gasteiger partial charge in [0.15, 0.2) is 17.2 Å². The Bertz CT molecular complexity index is 1170. The summed E-state index contributed by atoms with van der Waals surface area (Å²) in [6, 6.07) is 3.80. The Morgan fingerprint density at radius 1 is 1.06 bits per heavy atom. The number of methoxy groups -OCH3 is 1. The van der Waals surface area contributed by atoms with Crippen LogP contribution in [-0.2, 0) is 0 Å². The quantitative estimate of drug-likeness (QED) is 0.325. The summed E-state index contributed by atoms with van der Waals surface area (Å²) in [6.07, 6.45) is 2.34. The van der Waals surface area contributed by atoms with Crippen molar-refractivity contribution in [3.05, 3.63) is 65.7 Å². The number of anilines is 1. The molecule has 0 aliphatic carbocycles. The predicted molar refractivity (Wildman–Crippen MR) is 118 cm³/mol. The number of nitro groups is 3. The van der Waals surface area contributed by atoms with Gasteiger partial charge in [-0.15, -0.1) is 0 Å². The number of amides is 1. The zero-order valence-electron chi connectivity index (χ0n) is 17.7. The van der Waals surface area contributed by atoms with Gasteiger partial charge in [-0.05, 0) is 12.8 Å². The lowest BCUT2D eigenvalue weighted by Crippen LogP contribution is -2.22. The van der Waals surface area contributed by atoms with Crippen LogP contribution in [0.1, 0.15) is 28.8 Å². The molecule has 1 heterocycles. The molecule has 1 saturated heterocycles. The van der Waals surface area contributed by atoms with Gasteiger partial charge < -0.3 is 14.7 Å². The lowest BCUT2D eigenvalue weighted by atomic mass is 10.1. The Hall–Kier alpha value is -4.82. The molecular formula is C19H18N6O9. The van der Waals surface area contributed by atoms with E-state index in [1.54, 1.807) is 0 Å². The molecular weight excluding hydrogens is 456 g/mol. The maximum atomic E-state index is 12.5. The fourth-order valence-corrected chi connectivity index (χ4v) is 3.48. The molecule has 0 atom stereocenters. The topological polar surface area (TPSA) is 204 Å². The molecule has 3 rings (SSSR count). The van der Waals surface area contributed by atoms with Crippen LogP contribution in [0.5, 0.6) is 11.5 Å². The molecule has 178 valence electrons. The van der Waals surface area contributed by atoms with Crippen LogP contribution in [0.15, 0.2) is 29.4 Å². The van der Waals surface area contributed by atoms with E-state index in [0.29, 0.717) is 13.1 Å². The number of benzene rings is 2. The summed E-state index contributed by atoms with van der Waals surface area (Å²) < 4.78 is 4.86. The number of nitro benzene ring substituents is 3. The minimum Gasteiger partial charge on any atom is -0.504 e. The van der Waals surface area contributed by atoms with Gasteiger partial charge in [0.2, 0.25) is 0 Å². The van der Waals surface area contributed by atoms with Gasteiger partial charge in [-0.25, -0.2) is 5.43 Å². The number of carbonyl (C=O) groups excluding carboxylic acids is 1. The first-order valence-electron chi connectivity index (χ1n) is 9.74. The van der Waals surface area contributed by atoms with Crippen molar-refractivity contribution in [2.24, 2.45) is 5.10 Å². The van der Waals surface area contributed by atoms with Crippen LogP contribution in [0.3, 0.4) is 0 Å². The van der Waals surface area contributed by atoms with Gasteiger partial charge in [-0.2, -0.15) is 5.10 Å². The van der Waals surface area contributed by atoms with E-state index in [-0.39, 0.29) is 22.6 Å². The molecule has 0 bridgehead atoms. The molecule has 1 aliphatic heterocycles. The number of hydrazone groups is 1. The lowest BCUT2D eigenvalue weighted by molar-refractivity contribution is -0.392. The molecule has 2 aromatic rings. The van der Waals surface area contributed by atoms with E-state index in [2.05, 4.69) is 5.10 Å². The average molecular weight is 474 g/mol. The van der Waals surface area contributed by atoms with Crippen LogP contribution >= 0.6 is 0 Å². The second-order valence-electron chi connectivity index (χ2n) is 7.11. The molecule has 0 saturated carbocycles. The second kappa shape index (κ2) is 9.76. The highest BCUT2D eigenvalue weighted by atomic mass is 16.6. The molecule has 1 fully saturated rings. The van der Waals surface area contributed by atoms with E-state index in [9.17, 15) is 40.2 Å². The zero-order chi connectivity index (χ0) is 25.0. The molecule has 34 heavy (non-hydrogen) atoms. The molecule has 0 unspecified atom stereocenters. The third-order valence-electron chi connectivity index (χ3n) is 5.04. The number of rotatable bonds is 8. The molecule has 15 heteroatoms. The van der Waals surface area contributed by atoms with E-state index >= 15 is 0 Å². The van der Waals surface area contributed by atoms with Crippen LogP contribution < -0.4 is 15.1 Å². The number of hydrogen-bond acceptors (Lipinski definition) is 11. The Morgan fingerprint density at radius 3 is 2.15 bits per heavy atom. The van der Waals surface area contributed by atoms with E-state index in [0.717, 1.165) is 43.3 Å². The Labute approximate surface area is 190 Å². The summed E-state index contributed by atoms with van der Waals surface area (Å²) >= 11 is 0. The molecule has 0 spiro atoms. The van der Waals surface area contributed by atoms with E-state index in [1.165, 1.54) is 12.0 Å². The SMILES string of the molecule is COc1cc([N+](=O)[O-])cc(C=NNC(=O)c2cc([N+](=O)[O-])c(N3CCCC3)c([N+](=O)[O-])c2)c1O. The first-order valence-corrected chi connectivity index (χ1v) is 9.74. The predicted octanol–water partition coefficient (Wildman–Crippen LogP) is 2.49. The van der Waals surface area contributed by atoms with Crippen molar-refractivity contribution < 1.29 is 29.4 Å². The monoisotopic (exact) mass is 474 g/mol. The summed E-state index contributed by atoms with van der Waals surface area (Å²) in [6.45, 7) is 0.821. The number of hydrogen-bond donors (Lipinski definition) is 2. The van der Waals surface area contributed by atoms with Gasteiger partial charge in [0.1, 0.15) is 0 Å². The largest absolute Gasteiger partial charge is 0.504 e. The number of phenols is 1. The first kappa shape index (κ1) is 23.8. The molecule has 1 aliphatic rings. The van der Waals surface area contributed by atoms with E-state index in [4.69, 9.17) is 4.74 Å². The molecule has 0 aromatic heterocycles. The second-order valence-corrected chi connectivity index (χ2v) is 7.11. The van der Waals surface area contributed by atoms with Crippen molar-refractivity contribution in [3.8, 4) is 11.5 Å². The smallest absolute Gasteiger partial charge is 0.300 e. The van der Waals surface area contributed by atoms with Crippen molar-refractivity contribution in [1.29, 1.82) is 0 Å². The van der Waals surface area contributed by atoms with Crippen molar-refractivity contribution in [1.82, 2.24) is 5.43 Å². The Balaban J connectivity index is 1.93. The van der Waals surface area contributed by atoms with Gasteiger partial charge in [0.25, 0.3) is 23.0 Å². The van der Waals surface area contributed by atoms with Crippen LogP contribution in [0.25, 0.3) is 0 Å². The number of carbonyl (C=O) groups is 1. The van der Waals surface area contributed by atoms with Gasteiger partial charge in [-0.1, -0.05) is 0 Å². The molecule has 1 amide bonds. The molecule has 2 N–H and O–H groups in total. The Kier molecular flexibility index (Phi) is 6.84. The number of phenolic OH excluding ortho intramolecular Hbond substituents is 1. The highest BCUT2D eigenvalue weighted by molar-refractivity contribution is 5.98. The summed E-state index contributed by atoms with van der Waals surface area (Å²) in [4.78, 5) is 46.0.